The van der Waals surface area contributed by atoms with Crippen LogP contribution in [0.4, 0.5) is 0 Å². The van der Waals surface area contributed by atoms with Crippen LogP contribution in [0.3, 0.4) is 0 Å². The molecule has 0 rings (SSSR count). The molecule has 0 aliphatic rings. The number of nitrogens with zero attached hydrogens (tertiary/aromatic N) is 1. The van der Waals surface area contributed by atoms with Gasteiger partial charge in [-0.25, -0.2) is 9.59 Å². The molecular formula is C30H55NO6. The molecule has 0 aliphatic heterocycles. The molecule has 0 aromatic rings. The standard InChI is InChI=1S/C30H55NO6/c1-5-6-7-8-9-10-11-12-13-14-15-16-17-18-19-20-21-22-23-24-31(25(2)28(32)33,26(3)29(34)35)27(4)30(36)37/h12-13,25-27H,5-11,14-24H2,1-4H3,(H2-,32,33,34,35,36,37)/b13-12+. The Morgan fingerprint density at radius 2 is 0.973 bits per heavy atom. The van der Waals surface area contributed by atoms with Crippen molar-refractivity contribution in [2.24, 2.45) is 0 Å². The second-order valence-electron chi connectivity index (χ2n) is 10.7. The first kappa shape index (κ1) is 35.1. The van der Waals surface area contributed by atoms with E-state index in [1.807, 2.05) is 0 Å². The number of allylic oxidation sites excluding steroid dienone is 2. The van der Waals surface area contributed by atoms with E-state index in [9.17, 15) is 29.7 Å². The lowest BCUT2D eigenvalue weighted by molar-refractivity contribution is -0.969. The molecule has 0 radical (unpaired) electrons. The second kappa shape index (κ2) is 21.1. The van der Waals surface area contributed by atoms with Crippen LogP contribution in [0.2, 0.25) is 0 Å². The van der Waals surface area contributed by atoms with Crippen molar-refractivity contribution in [3.8, 4) is 0 Å². The van der Waals surface area contributed by atoms with Gasteiger partial charge in [0.15, 0.2) is 12.1 Å². The van der Waals surface area contributed by atoms with Crippen molar-refractivity contribution in [1.29, 1.82) is 0 Å². The predicted molar refractivity (Wildman–Crippen MR) is 147 cm³/mol. The van der Waals surface area contributed by atoms with Gasteiger partial charge in [0.25, 0.3) is 0 Å². The molecule has 0 saturated heterocycles. The van der Waals surface area contributed by atoms with Crippen LogP contribution in [0, 0.1) is 0 Å². The quantitative estimate of drug-likeness (QED) is 0.0846. The molecular weight excluding hydrogens is 470 g/mol. The summed E-state index contributed by atoms with van der Waals surface area (Å²) in [6.45, 7) is 6.58. The number of carbonyl (C=O) groups is 3. The minimum atomic E-state index is -1.42. The maximum atomic E-state index is 11.8. The van der Waals surface area contributed by atoms with E-state index in [1.165, 1.54) is 97.8 Å². The van der Waals surface area contributed by atoms with Crippen LogP contribution in [0.1, 0.15) is 137 Å². The molecule has 0 saturated carbocycles. The number of hydrogen-bond donors (Lipinski definition) is 2. The summed E-state index contributed by atoms with van der Waals surface area (Å²) in [7, 11) is 0. The Morgan fingerprint density at radius 3 is 1.32 bits per heavy atom. The lowest BCUT2D eigenvalue weighted by atomic mass is 10.00. The Balaban J connectivity index is 4.16. The molecule has 0 aliphatic carbocycles. The third kappa shape index (κ3) is 14.0. The minimum Gasteiger partial charge on any atom is -0.544 e. The number of carbonyl (C=O) groups excluding carboxylic acids is 1. The fourth-order valence-corrected chi connectivity index (χ4v) is 5.36. The maximum absolute atomic E-state index is 11.8. The van der Waals surface area contributed by atoms with Crippen LogP contribution in [-0.2, 0) is 14.4 Å². The average Bonchev–Trinajstić information content (AvgIpc) is 2.86. The molecule has 2 N–H and O–H groups in total. The highest BCUT2D eigenvalue weighted by Crippen LogP contribution is 2.27. The zero-order valence-corrected chi connectivity index (χ0v) is 24.1. The van der Waals surface area contributed by atoms with E-state index in [1.54, 1.807) is 0 Å². The third-order valence-electron chi connectivity index (χ3n) is 8.03. The number of quaternary nitrogens is 1. The molecule has 3 atom stereocenters. The molecule has 0 fully saturated rings. The number of hydrogen-bond acceptors (Lipinski definition) is 4. The van der Waals surface area contributed by atoms with Gasteiger partial charge in [0, 0.05) is 0 Å². The van der Waals surface area contributed by atoms with Gasteiger partial charge in [0.1, 0.15) is 6.04 Å². The number of carboxylic acids is 3. The molecule has 0 amide bonds. The molecule has 37 heavy (non-hydrogen) atoms. The molecule has 3 unspecified atom stereocenters. The summed E-state index contributed by atoms with van der Waals surface area (Å²) in [4.78, 5) is 35.2. The highest BCUT2D eigenvalue weighted by Gasteiger charge is 2.50. The number of unbranched alkanes of at least 4 members (excludes halogenated alkanes) is 15. The van der Waals surface area contributed by atoms with E-state index in [0.29, 0.717) is 6.42 Å². The SMILES string of the molecule is CCCCCCCC/C=C/CCCCCCCCCCC[N+](C(C)C(=O)[O-])(C(C)C(=O)O)C(C)C(=O)O. The summed E-state index contributed by atoms with van der Waals surface area (Å²) in [5.74, 6) is -3.82. The van der Waals surface area contributed by atoms with Crippen molar-refractivity contribution >= 4 is 17.9 Å². The van der Waals surface area contributed by atoms with Crippen LogP contribution in [0.25, 0.3) is 0 Å². The first-order valence-electron chi connectivity index (χ1n) is 14.8. The van der Waals surface area contributed by atoms with Crippen molar-refractivity contribution in [3.05, 3.63) is 12.2 Å². The molecule has 7 nitrogen and oxygen atoms in total. The normalized spacial score (nSPS) is 15.8. The largest absolute Gasteiger partial charge is 0.544 e. The zero-order valence-electron chi connectivity index (χ0n) is 24.1. The second-order valence-corrected chi connectivity index (χ2v) is 10.7. The minimum absolute atomic E-state index is 0.183. The fraction of sp³-hybridized carbons (Fsp3) is 0.833. The van der Waals surface area contributed by atoms with E-state index in [4.69, 9.17) is 0 Å². The molecule has 0 aromatic heterocycles. The summed E-state index contributed by atoms with van der Waals surface area (Å²) >= 11 is 0. The predicted octanol–water partition coefficient (Wildman–Crippen LogP) is 6.10. The highest BCUT2D eigenvalue weighted by atomic mass is 16.4. The van der Waals surface area contributed by atoms with Crippen LogP contribution < -0.4 is 5.11 Å². The van der Waals surface area contributed by atoms with Gasteiger partial charge in [-0.15, -0.1) is 0 Å². The highest BCUT2D eigenvalue weighted by molar-refractivity contribution is 5.76. The van der Waals surface area contributed by atoms with Crippen molar-refractivity contribution in [1.82, 2.24) is 0 Å². The van der Waals surface area contributed by atoms with E-state index < -0.39 is 40.5 Å². The molecule has 0 bridgehead atoms. The third-order valence-corrected chi connectivity index (χ3v) is 8.03. The van der Waals surface area contributed by atoms with Gasteiger partial charge in [-0.3, -0.25) is 4.48 Å². The summed E-state index contributed by atoms with van der Waals surface area (Å²) in [6.07, 6.45) is 24.7. The Kier molecular flexibility index (Phi) is 20.0. The summed E-state index contributed by atoms with van der Waals surface area (Å²) in [6, 6.07) is -3.56. The van der Waals surface area contributed by atoms with Gasteiger partial charge in [-0.05, 0) is 59.3 Å². The molecule has 7 heteroatoms. The first-order valence-corrected chi connectivity index (χ1v) is 14.8. The first-order chi connectivity index (χ1) is 17.6. The van der Waals surface area contributed by atoms with Crippen molar-refractivity contribution in [2.45, 2.75) is 155 Å². The van der Waals surface area contributed by atoms with Crippen LogP contribution >= 0.6 is 0 Å². The van der Waals surface area contributed by atoms with Gasteiger partial charge in [0.2, 0.25) is 0 Å². The van der Waals surface area contributed by atoms with Crippen molar-refractivity contribution < 1.29 is 34.2 Å². The fourth-order valence-electron chi connectivity index (χ4n) is 5.36. The van der Waals surface area contributed by atoms with Crippen molar-refractivity contribution in [2.75, 3.05) is 6.54 Å². The van der Waals surface area contributed by atoms with E-state index in [2.05, 4.69) is 19.1 Å². The van der Waals surface area contributed by atoms with E-state index in [0.717, 1.165) is 25.7 Å². The topological polar surface area (TPSA) is 115 Å². The van der Waals surface area contributed by atoms with Crippen LogP contribution in [0.15, 0.2) is 12.2 Å². The van der Waals surface area contributed by atoms with Crippen molar-refractivity contribution in [3.63, 3.8) is 0 Å². The summed E-state index contributed by atoms with van der Waals surface area (Å²) < 4.78 is -0.541. The summed E-state index contributed by atoms with van der Waals surface area (Å²) in [5.41, 5.74) is 0. The molecule has 216 valence electrons. The average molecular weight is 526 g/mol. The smallest absolute Gasteiger partial charge is 0.362 e. The maximum Gasteiger partial charge on any atom is 0.362 e. The lowest BCUT2D eigenvalue weighted by Gasteiger charge is -2.49. The summed E-state index contributed by atoms with van der Waals surface area (Å²) in [5, 5.41) is 30.9. The van der Waals surface area contributed by atoms with Crippen LogP contribution in [0.5, 0.6) is 0 Å². The number of carboxylic acid groups (broad SMARTS) is 3. The zero-order chi connectivity index (χ0) is 28.1. The molecule has 0 spiro atoms. The monoisotopic (exact) mass is 525 g/mol. The Morgan fingerprint density at radius 1 is 0.622 bits per heavy atom. The Hall–Kier alpha value is -1.89. The van der Waals surface area contributed by atoms with Gasteiger partial charge >= 0.3 is 11.9 Å². The Labute approximate surface area is 225 Å². The number of rotatable bonds is 25. The van der Waals surface area contributed by atoms with Gasteiger partial charge in [-0.2, -0.15) is 0 Å². The van der Waals surface area contributed by atoms with Crippen LogP contribution in [-0.4, -0.2) is 57.3 Å². The van der Waals surface area contributed by atoms with Gasteiger partial charge in [-0.1, -0.05) is 89.7 Å². The lowest BCUT2D eigenvalue weighted by Crippen LogP contribution is -2.72. The number of aliphatic carboxylic acids is 3. The Bertz CT molecular complexity index is 612. The van der Waals surface area contributed by atoms with E-state index >= 15 is 0 Å². The van der Waals surface area contributed by atoms with Gasteiger partial charge < -0.3 is 20.1 Å². The van der Waals surface area contributed by atoms with Gasteiger partial charge in [0.05, 0.1) is 12.5 Å². The molecule has 0 heterocycles. The van der Waals surface area contributed by atoms with E-state index in [-0.39, 0.29) is 6.54 Å². The molecule has 0 aromatic carbocycles.